The number of hydrogen-bond acceptors (Lipinski definition) is 3. The molecule has 3 N–H and O–H groups in total. The van der Waals surface area contributed by atoms with Crippen molar-refractivity contribution in [1.82, 2.24) is 5.32 Å². The Morgan fingerprint density at radius 3 is 2.69 bits per heavy atom. The first-order chi connectivity index (χ1) is 7.65. The Morgan fingerprint density at radius 1 is 1.38 bits per heavy atom. The van der Waals surface area contributed by atoms with E-state index in [9.17, 15) is 10.2 Å². The quantitative estimate of drug-likeness (QED) is 0.725. The predicted octanol–water partition coefficient (Wildman–Crippen LogP) is 1.71. The molecule has 16 heavy (non-hydrogen) atoms. The molecule has 0 saturated heterocycles. The van der Waals surface area contributed by atoms with Gasteiger partial charge in [0, 0.05) is 17.6 Å². The molecule has 2 rings (SSSR count). The highest BCUT2D eigenvalue weighted by Crippen LogP contribution is 2.32. The third-order valence-corrected chi connectivity index (χ3v) is 3.50. The average Bonchev–Trinajstić information content (AvgIpc) is 2.22. The molecule has 1 aliphatic carbocycles. The van der Waals surface area contributed by atoms with Crippen LogP contribution in [0.15, 0.2) is 18.2 Å². The standard InChI is InChI=1S/C13H19NO2/c1-10-3-4-12(16)11(7-10)8-14-13(9-15)5-2-6-13/h3-4,7,14-16H,2,5-6,8-9H2,1H3. The van der Waals surface area contributed by atoms with Gasteiger partial charge in [-0.15, -0.1) is 0 Å². The van der Waals surface area contributed by atoms with Crippen molar-refractivity contribution >= 4 is 0 Å². The van der Waals surface area contributed by atoms with Crippen molar-refractivity contribution < 1.29 is 10.2 Å². The molecule has 1 fully saturated rings. The molecule has 88 valence electrons. The first kappa shape index (κ1) is 11.4. The van der Waals surface area contributed by atoms with Crippen molar-refractivity contribution in [3.63, 3.8) is 0 Å². The fourth-order valence-electron chi connectivity index (χ4n) is 2.13. The molecule has 1 aromatic carbocycles. The van der Waals surface area contributed by atoms with Gasteiger partial charge < -0.3 is 15.5 Å². The molecular formula is C13H19NO2. The third kappa shape index (κ3) is 2.20. The Bertz CT molecular complexity index is 367. The number of phenolic OH excluding ortho intramolecular Hbond substituents is 1. The van der Waals surface area contributed by atoms with Crippen molar-refractivity contribution in [2.24, 2.45) is 0 Å². The zero-order valence-electron chi connectivity index (χ0n) is 9.66. The second-order valence-corrected chi connectivity index (χ2v) is 4.78. The van der Waals surface area contributed by atoms with Gasteiger partial charge in [0.2, 0.25) is 0 Å². The average molecular weight is 221 g/mol. The van der Waals surface area contributed by atoms with Crippen molar-refractivity contribution in [1.29, 1.82) is 0 Å². The van der Waals surface area contributed by atoms with E-state index in [0.29, 0.717) is 12.3 Å². The molecule has 0 unspecified atom stereocenters. The van der Waals surface area contributed by atoms with E-state index in [-0.39, 0.29) is 12.1 Å². The Balaban J connectivity index is 2.01. The number of phenols is 1. The highest BCUT2D eigenvalue weighted by Gasteiger charge is 2.35. The first-order valence-corrected chi connectivity index (χ1v) is 5.80. The highest BCUT2D eigenvalue weighted by atomic mass is 16.3. The summed E-state index contributed by atoms with van der Waals surface area (Å²) < 4.78 is 0. The molecule has 3 heteroatoms. The topological polar surface area (TPSA) is 52.5 Å². The van der Waals surface area contributed by atoms with Gasteiger partial charge in [0.25, 0.3) is 0 Å². The zero-order valence-corrected chi connectivity index (χ0v) is 9.66. The lowest BCUT2D eigenvalue weighted by atomic mass is 9.77. The highest BCUT2D eigenvalue weighted by molar-refractivity contribution is 5.35. The van der Waals surface area contributed by atoms with Gasteiger partial charge >= 0.3 is 0 Å². The van der Waals surface area contributed by atoms with Gasteiger partial charge in [-0.05, 0) is 32.3 Å². The number of benzene rings is 1. The van der Waals surface area contributed by atoms with Crippen LogP contribution >= 0.6 is 0 Å². The van der Waals surface area contributed by atoms with Crippen molar-refractivity contribution in [3.05, 3.63) is 29.3 Å². The van der Waals surface area contributed by atoms with Crippen LogP contribution in [0, 0.1) is 6.92 Å². The Hall–Kier alpha value is -1.06. The van der Waals surface area contributed by atoms with Crippen LogP contribution in [0.25, 0.3) is 0 Å². The molecule has 0 spiro atoms. The summed E-state index contributed by atoms with van der Waals surface area (Å²) in [5.41, 5.74) is 1.94. The third-order valence-electron chi connectivity index (χ3n) is 3.50. The van der Waals surface area contributed by atoms with E-state index >= 15 is 0 Å². The zero-order chi connectivity index (χ0) is 11.6. The summed E-state index contributed by atoms with van der Waals surface area (Å²) in [6, 6.07) is 5.59. The summed E-state index contributed by atoms with van der Waals surface area (Å²) in [7, 11) is 0. The summed E-state index contributed by atoms with van der Waals surface area (Å²) in [4.78, 5) is 0. The Morgan fingerprint density at radius 2 is 2.12 bits per heavy atom. The van der Waals surface area contributed by atoms with Gasteiger partial charge in [-0.2, -0.15) is 0 Å². The lowest BCUT2D eigenvalue weighted by Crippen LogP contribution is -2.53. The number of aliphatic hydroxyl groups is 1. The first-order valence-electron chi connectivity index (χ1n) is 5.80. The van der Waals surface area contributed by atoms with E-state index in [2.05, 4.69) is 5.32 Å². The summed E-state index contributed by atoms with van der Waals surface area (Å²) in [5.74, 6) is 0.325. The Kier molecular flexibility index (Phi) is 3.17. The van der Waals surface area contributed by atoms with E-state index < -0.39 is 0 Å². The summed E-state index contributed by atoms with van der Waals surface area (Å²) in [6.45, 7) is 2.81. The summed E-state index contributed by atoms with van der Waals surface area (Å²) in [6.07, 6.45) is 3.22. The van der Waals surface area contributed by atoms with Crippen LogP contribution in [0.2, 0.25) is 0 Å². The summed E-state index contributed by atoms with van der Waals surface area (Å²) >= 11 is 0. The molecule has 0 aromatic heterocycles. The molecule has 1 saturated carbocycles. The molecule has 0 bridgehead atoms. The van der Waals surface area contributed by atoms with Gasteiger partial charge in [-0.1, -0.05) is 17.7 Å². The molecule has 0 atom stereocenters. The molecule has 0 amide bonds. The minimum absolute atomic E-state index is 0.101. The fraction of sp³-hybridized carbons (Fsp3) is 0.538. The van der Waals surface area contributed by atoms with Crippen LogP contribution in [-0.4, -0.2) is 22.4 Å². The van der Waals surface area contributed by atoms with Gasteiger partial charge in [0.05, 0.1) is 6.61 Å². The molecule has 1 aliphatic rings. The minimum Gasteiger partial charge on any atom is -0.508 e. The lowest BCUT2D eigenvalue weighted by molar-refractivity contribution is 0.0870. The number of nitrogens with one attached hydrogen (secondary N) is 1. The number of aryl methyl sites for hydroxylation is 1. The molecule has 1 aromatic rings. The van der Waals surface area contributed by atoms with E-state index in [1.807, 2.05) is 19.1 Å². The van der Waals surface area contributed by atoms with Crippen molar-refractivity contribution in [2.75, 3.05) is 6.61 Å². The second kappa shape index (κ2) is 4.44. The maximum Gasteiger partial charge on any atom is 0.120 e. The lowest BCUT2D eigenvalue weighted by Gasteiger charge is -2.41. The second-order valence-electron chi connectivity index (χ2n) is 4.78. The van der Waals surface area contributed by atoms with Crippen LogP contribution in [0.5, 0.6) is 5.75 Å². The number of rotatable bonds is 4. The maximum absolute atomic E-state index is 9.69. The number of hydrogen-bond donors (Lipinski definition) is 3. The molecule has 3 nitrogen and oxygen atoms in total. The summed E-state index contributed by atoms with van der Waals surface area (Å²) in [5, 5.41) is 22.4. The molecular weight excluding hydrogens is 202 g/mol. The number of aliphatic hydroxyl groups excluding tert-OH is 1. The van der Waals surface area contributed by atoms with Gasteiger partial charge in [-0.25, -0.2) is 0 Å². The van der Waals surface area contributed by atoms with E-state index in [4.69, 9.17) is 0 Å². The minimum atomic E-state index is -0.101. The largest absolute Gasteiger partial charge is 0.508 e. The van der Waals surface area contributed by atoms with Crippen LogP contribution < -0.4 is 5.32 Å². The van der Waals surface area contributed by atoms with E-state index in [1.54, 1.807) is 6.07 Å². The van der Waals surface area contributed by atoms with E-state index in [0.717, 1.165) is 24.0 Å². The molecule has 0 radical (unpaired) electrons. The fourth-order valence-corrected chi connectivity index (χ4v) is 2.13. The van der Waals surface area contributed by atoms with Gasteiger partial charge in [0.1, 0.15) is 5.75 Å². The van der Waals surface area contributed by atoms with Crippen LogP contribution in [0.1, 0.15) is 30.4 Å². The van der Waals surface area contributed by atoms with Crippen LogP contribution in [-0.2, 0) is 6.54 Å². The molecule has 0 heterocycles. The monoisotopic (exact) mass is 221 g/mol. The number of aromatic hydroxyl groups is 1. The Labute approximate surface area is 96.1 Å². The van der Waals surface area contributed by atoms with Crippen LogP contribution in [0.4, 0.5) is 0 Å². The van der Waals surface area contributed by atoms with Gasteiger partial charge in [-0.3, -0.25) is 0 Å². The molecule has 0 aliphatic heterocycles. The SMILES string of the molecule is Cc1ccc(O)c(CNC2(CO)CCC2)c1. The predicted molar refractivity (Wildman–Crippen MR) is 63.4 cm³/mol. The van der Waals surface area contributed by atoms with Crippen molar-refractivity contribution in [3.8, 4) is 5.75 Å². The van der Waals surface area contributed by atoms with Crippen molar-refractivity contribution in [2.45, 2.75) is 38.3 Å². The van der Waals surface area contributed by atoms with Gasteiger partial charge in [0.15, 0.2) is 0 Å². The van der Waals surface area contributed by atoms with E-state index in [1.165, 1.54) is 6.42 Å². The maximum atomic E-state index is 9.69. The smallest absolute Gasteiger partial charge is 0.120 e. The van der Waals surface area contributed by atoms with Crippen LogP contribution in [0.3, 0.4) is 0 Å². The normalized spacial score (nSPS) is 18.1.